The molecule has 0 aliphatic carbocycles. The van der Waals surface area contributed by atoms with Crippen molar-refractivity contribution >= 4 is 16.8 Å². The van der Waals surface area contributed by atoms with Crippen LogP contribution in [0.1, 0.15) is 44.7 Å². The van der Waals surface area contributed by atoms with E-state index in [4.69, 9.17) is 11.6 Å². The van der Waals surface area contributed by atoms with Gasteiger partial charge in [0.05, 0.1) is 11.8 Å². The summed E-state index contributed by atoms with van der Waals surface area (Å²) < 4.78 is 38.4. The molecule has 20 heavy (non-hydrogen) atoms. The van der Waals surface area contributed by atoms with E-state index in [0.717, 1.165) is 12.5 Å². The lowest BCUT2D eigenvalue weighted by atomic mass is 9.83. The van der Waals surface area contributed by atoms with Crippen molar-refractivity contribution in [2.75, 3.05) is 0 Å². The molecule has 5 heteroatoms. The Morgan fingerprint density at radius 1 is 1.10 bits per heavy atom. The fraction of sp³-hybridized carbons (Fsp3) is 0.533. The number of carbonyl (C=O) groups excluding carboxylic acids is 1. The average molecular weight is 307 g/mol. The summed E-state index contributed by atoms with van der Waals surface area (Å²) in [6.45, 7) is 6.99. The first-order valence-electron chi connectivity index (χ1n) is 6.31. The minimum absolute atomic E-state index is 0.103. The Kier molecular flexibility index (Phi) is 4.90. The highest BCUT2D eigenvalue weighted by molar-refractivity contribution is 6.64. The molecule has 0 amide bonds. The normalized spacial score (nSPS) is 15.8. The first-order chi connectivity index (χ1) is 8.94. The summed E-state index contributed by atoms with van der Waals surface area (Å²) in [5, 5.41) is -0.988. The second kappa shape index (κ2) is 5.76. The van der Waals surface area contributed by atoms with Crippen LogP contribution < -0.4 is 0 Å². The molecule has 0 radical (unpaired) electrons. The maximum Gasteiger partial charge on any atom is 0.392 e. The topological polar surface area (TPSA) is 17.1 Å². The molecule has 0 aromatic heterocycles. The van der Waals surface area contributed by atoms with Crippen molar-refractivity contribution < 1.29 is 18.0 Å². The lowest BCUT2D eigenvalue weighted by molar-refractivity contribution is -0.177. The summed E-state index contributed by atoms with van der Waals surface area (Å²) in [5.41, 5.74) is 1.18. The van der Waals surface area contributed by atoms with Crippen LogP contribution in [0, 0.1) is 5.92 Å². The lowest BCUT2D eigenvalue weighted by Gasteiger charge is -2.25. The molecular formula is C15H18ClF3O. The minimum Gasteiger partial charge on any atom is -0.281 e. The lowest BCUT2D eigenvalue weighted by Crippen LogP contribution is -2.29. The Balaban J connectivity index is 3.15. The fourth-order valence-corrected chi connectivity index (χ4v) is 2.31. The third-order valence-electron chi connectivity index (χ3n) is 3.40. The van der Waals surface area contributed by atoms with Crippen molar-refractivity contribution in [3.8, 4) is 0 Å². The van der Waals surface area contributed by atoms with Gasteiger partial charge < -0.3 is 0 Å². The molecule has 0 spiro atoms. The smallest absolute Gasteiger partial charge is 0.281 e. The number of rotatable bonds is 3. The van der Waals surface area contributed by atoms with E-state index in [1.54, 1.807) is 24.3 Å². The molecule has 0 fully saturated rings. The molecule has 0 aliphatic rings. The van der Waals surface area contributed by atoms with E-state index in [1.807, 2.05) is 20.8 Å². The first-order valence-corrected chi connectivity index (χ1v) is 6.69. The van der Waals surface area contributed by atoms with Gasteiger partial charge in [-0.2, -0.15) is 13.2 Å². The van der Waals surface area contributed by atoms with Crippen LogP contribution in [0.2, 0.25) is 0 Å². The molecule has 0 saturated heterocycles. The number of carbonyl (C=O) groups is 1. The zero-order chi connectivity index (χ0) is 15.7. The predicted octanol–water partition coefficient (Wildman–Crippen LogP) is 5.03. The van der Waals surface area contributed by atoms with Crippen LogP contribution in [-0.2, 0) is 10.2 Å². The first kappa shape index (κ1) is 17.0. The van der Waals surface area contributed by atoms with E-state index in [9.17, 15) is 18.0 Å². The standard InChI is InChI=1S/C15H18ClF3O/c1-9(15(17,18)19)12(13(16)20)10-5-7-11(8-6-10)14(2,3)4/h5-9,12H,1-4H3/t9-,12+/m1/s1. The summed E-state index contributed by atoms with van der Waals surface area (Å²) in [5.74, 6) is -3.18. The number of halogens is 4. The summed E-state index contributed by atoms with van der Waals surface area (Å²) in [6.07, 6.45) is -4.46. The number of hydrogen-bond acceptors (Lipinski definition) is 1. The van der Waals surface area contributed by atoms with Crippen LogP contribution in [0.3, 0.4) is 0 Å². The van der Waals surface area contributed by atoms with E-state index in [1.165, 1.54) is 0 Å². The summed E-state index contributed by atoms with van der Waals surface area (Å²) in [4.78, 5) is 11.4. The molecule has 0 unspecified atom stereocenters. The van der Waals surface area contributed by atoms with Gasteiger partial charge in [0.1, 0.15) is 0 Å². The van der Waals surface area contributed by atoms with E-state index in [-0.39, 0.29) is 5.41 Å². The molecular weight excluding hydrogens is 289 g/mol. The molecule has 1 nitrogen and oxygen atoms in total. The van der Waals surface area contributed by atoms with Crippen molar-refractivity contribution in [1.82, 2.24) is 0 Å². The molecule has 0 heterocycles. The highest BCUT2D eigenvalue weighted by atomic mass is 35.5. The van der Waals surface area contributed by atoms with E-state index in [2.05, 4.69) is 0 Å². The van der Waals surface area contributed by atoms with Crippen LogP contribution in [0.4, 0.5) is 13.2 Å². The Labute approximate surface area is 122 Å². The molecule has 0 bridgehead atoms. The van der Waals surface area contributed by atoms with Crippen LogP contribution in [0.25, 0.3) is 0 Å². The molecule has 112 valence electrons. The quantitative estimate of drug-likeness (QED) is 0.716. The van der Waals surface area contributed by atoms with Crippen LogP contribution in [0.15, 0.2) is 24.3 Å². The second-order valence-corrected chi connectivity index (χ2v) is 6.36. The highest BCUT2D eigenvalue weighted by Gasteiger charge is 2.44. The predicted molar refractivity (Wildman–Crippen MR) is 74.0 cm³/mol. The average Bonchev–Trinajstić information content (AvgIpc) is 2.26. The van der Waals surface area contributed by atoms with Gasteiger partial charge in [0.2, 0.25) is 5.24 Å². The van der Waals surface area contributed by atoms with E-state index >= 15 is 0 Å². The van der Waals surface area contributed by atoms with Crippen molar-refractivity contribution in [2.45, 2.75) is 45.2 Å². The van der Waals surface area contributed by atoms with Crippen molar-refractivity contribution in [2.24, 2.45) is 5.92 Å². The maximum atomic E-state index is 12.8. The van der Waals surface area contributed by atoms with Gasteiger partial charge >= 0.3 is 6.18 Å². The van der Waals surface area contributed by atoms with Gasteiger partial charge in [-0.15, -0.1) is 0 Å². The molecule has 0 N–H and O–H groups in total. The fourth-order valence-electron chi connectivity index (χ4n) is 2.00. The summed E-state index contributed by atoms with van der Waals surface area (Å²) in [7, 11) is 0. The van der Waals surface area contributed by atoms with Crippen LogP contribution in [0.5, 0.6) is 0 Å². The SMILES string of the molecule is C[C@H]([C@H](C(=O)Cl)c1ccc(C(C)(C)C)cc1)C(F)(F)F. The second-order valence-electron chi connectivity index (χ2n) is 5.98. The zero-order valence-electron chi connectivity index (χ0n) is 11.9. The van der Waals surface area contributed by atoms with E-state index in [0.29, 0.717) is 5.56 Å². The summed E-state index contributed by atoms with van der Waals surface area (Å²) in [6, 6.07) is 6.58. The molecule has 1 aromatic carbocycles. The van der Waals surface area contributed by atoms with Gasteiger partial charge in [0.25, 0.3) is 0 Å². The van der Waals surface area contributed by atoms with Crippen molar-refractivity contribution in [1.29, 1.82) is 0 Å². The molecule has 0 aliphatic heterocycles. The third kappa shape index (κ3) is 3.98. The Hall–Kier alpha value is -1.03. The van der Waals surface area contributed by atoms with Gasteiger partial charge in [-0.3, -0.25) is 4.79 Å². The van der Waals surface area contributed by atoms with Gasteiger partial charge in [-0.1, -0.05) is 52.0 Å². The Bertz CT molecular complexity index is 471. The molecule has 0 saturated carbocycles. The van der Waals surface area contributed by atoms with Crippen molar-refractivity contribution in [3.63, 3.8) is 0 Å². The minimum atomic E-state index is -4.46. The third-order valence-corrected chi connectivity index (χ3v) is 3.63. The van der Waals surface area contributed by atoms with E-state index < -0.39 is 23.3 Å². The largest absolute Gasteiger partial charge is 0.392 e. The van der Waals surface area contributed by atoms with Gasteiger partial charge in [0.15, 0.2) is 0 Å². The summed E-state index contributed by atoms with van der Waals surface area (Å²) >= 11 is 5.37. The monoisotopic (exact) mass is 306 g/mol. The number of alkyl halides is 3. The number of benzene rings is 1. The Morgan fingerprint density at radius 2 is 1.55 bits per heavy atom. The van der Waals surface area contributed by atoms with Gasteiger partial charge in [0, 0.05) is 0 Å². The Morgan fingerprint density at radius 3 is 1.85 bits per heavy atom. The zero-order valence-corrected chi connectivity index (χ0v) is 12.6. The van der Waals surface area contributed by atoms with Crippen LogP contribution >= 0.6 is 11.6 Å². The molecule has 2 atom stereocenters. The van der Waals surface area contributed by atoms with Crippen LogP contribution in [-0.4, -0.2) is 11.4 Å². The van der Waals surface area contributed by atoms with Crippen molar-refractivity contribution in [3.05, 3.63) is 35.4 Å². The maximum absolute atomic E-state index is 12.8. The number of hydrogen-bond donors (Lipinski definition) is 0. The van der Waals surface area contributed by atoms with Gasteiger partial charge in [-0.25, -0.2) is 0 Å². The van der Waals surface area contributed by atoms with Gasteiger partial charge in [-0.05, 0) is 28.1 Å². The molecule has 1 aromatic rings. The molecule has 1 rings (SSSR count). The highest BCUT2D eigenvalue weighted by Crippen LogP contribution is 2.39.